The molecule has 2 rings (SSSR count). The van der Waals surface area contributed by atoms with Crippen LogP contribution in [0.5, 0.6) is 11.5 Å². The summed E-state index contributed by atoms with van der Waals surface area (Å²) in [6, 6.07) is 7.69. The minimum absolute atomic E-state index is 0.0404. The van der Waals surface area contributed by atoms with Crippen molar-refractivity contribution >= 4 is 23.4 Å². The molecule has 2 aromatic carbocycles. The lowest BCUT2D eigenvalue weighted by atomic mass is 10.1. The van der Waals surface area contributed by atoms with Crippen molar-refractivity contribution in [2.24, 2.45) is 0 Å². The minimum Gasteiger partial charge on any atom is -0.478 e. The predicted octanol–water partition coefficient (Wildman–Crippen LogP) is 4.17. The van der Waals surface area contributed by atoms with E-state index < -0.39 is 11.8 Å². The maximum Gasteiger partial charge on any atom is 0.339 e. The van der Waals surface area contributed by atoms with Gasteiger partial charge >= 0.3 is 5.97 Å². The summed E-state index contributed by atoms with van der Waals surface area (Å²) in [6.45, 7) is 1.32. The predicted molar refractivity (Wildman–Crippen MR) is 74.9 cm³/mol. The Kier molecular flexibility index (Phi) is 4.23. The zero-order valence-corrected chi connectivity index (χ0v) is 11.6. The molecule has 4 nitrogen and oxygen atoms in total. The van der Waals surface area contributed by atoms with Gasteiger partial charge in [0, 0.05) is 10.6 Å². The summed E-state index contributed by atoms with van der Waals surface area (Å²) in [6.07, 6.45) is 0. The van der Waals surface area contributed by atoms with E-state index in [1.807, 2.05) is 0 Å². The van der Waals surface area contributed by atoms with E-state index in [-0.39, 0.29) is 33.4 Å². The third-order valence-electron chi connectivity index (χ3n) is 2.73. The Morgan fingerprint density at radius 2 is 1.81 bits per heavy atom. The van der Waals surface area contributed by atoms with Crippen LogP contribution in [0.25, 0.3) is 0 Å². The standard InChI is InChI=1S/C15H10ClFO4/c1-8(18)9-2-4-14(12(17)6-9)21-13-5-3-10(16)7-11(13)15(19)20/h2-7H,1H3,(H,19,20). The molecule has 0 aliphatic rings. The van der Waals surface area contributed by atoms with Gasteiger partial charge in [0.05, 0.1) is 0 Å². The molecule has 2 aromatic rings. The van der Waals surface area contributed by atoms with Crippen molar-refractivity contribution in [1.29, 1.82) is 0 Å². The Bertz CT molecular complexity index is 728. The van der Waals surface area contributed by atoms with E-state index in [1.54, 1.807) is 0 Å². The number of Topliss-reactive ketones (excluding diaryl/α,β-unsaturated/α-hetero) is 1. The number of carbonyl (C=O) groups excluding carboxylic acids is 1. The van der Waals surface area contributed by atoms with E-state index in [0.29, 0.717) is 0 Å². The van der Waals surface area contributed by atoms with Crippen molar-refractivity contribution in [3.05, 3.63) is 58.4 Å². The maximum absolute atomic E-state index is 13.9. The second kappa shape index (κ2) is 5.93. The number of ether oxygens (including phenoxy) is 1. The monoisotopic (exact) mass is 308 g/mol. The van der Waals surface area contributed by atoms with Crippen LogP contribution in [0.4, 0.5) is 4.39 Å². The summed E-state index contributed by atoms with van der Waals surface area (Å²) in [4.78, 5) is 22.3. The summed E-state index contributed by atoms with van der Waals surface area (Å²) < 4.78 is 19.1. The van der Waals surface area contributed by atoms with Crippen LogP contribution in [0.1, 0.15) is 27.6 Å². The Labute approximate surface area is 124 Å². The highest BCUT2D eigenvalue weighted by Crippen LogP contribution is 2.30. The van der Waals surface area contributed by atoms with E-state index in [9.17, 15) is 14.0 Å². The first-order chi connectivity index (χ1) is 9.88. The number of hydrogen-bond acceptors (Lipinski definition) is 3. The molecule has 0 saturated carbocycles. The van der Waals surface area contributed by atoms with Crippen LogP contribution in [-0.4, -0.2) is 16.9 Å². The molecular weight excluding hydrogens is 299 g/mol. The van der Waals surface area contributed by atoms with Crippen LogP contribution in [0, 0.1) is 5.82 Å². The van der Waals surface area contributed by atoms with Gasteiger partial charge < -0.3 is 9.84 Å². The highest BCUT2D eigenvalue weighted by atomic mass is 35.5. The van der Waals surface area contributed by atoms with Crippen molar-refractivity contribution in [1.82, 2.24) is 0 Å². The number of ketones is 1. The van der Waals surface area contributed by atoms with Crippen molar-refractivity contribution in [2.75, 3.05) is 0 Å². The molecule has 0 saturated heterocycles. The molecular formula is C15H10ClFO4. The quantitative estimate of drug-likeness (QED) is 0.861. The largest absolute Gasteiger partial charge is 0.478 e. The lowest BCUT2D eigenvalue weighted by molar-refractivity contribution is 0.0694. The summed E-state index contributed by atoms with van der Waals surface area (Å²) in [5, 5.41) is 9.31. The molecule has 0 amide bonds. The van der Waals surface area contributed by atoms with E-state index in [2.05, 4.69) is 0 Å². The van der Waals surface area contributed by atoms with Crippen molar-refractivity contribution in [3.8, 4) is 11.5 Å². The van der Waals surface area contributed by atoms with Gasteiger partial charge in [-0.2, -0.15) is 0 Å². The molecule has 0 radical (unpaired) electrons. The summed E-state index contributed by atoms with van der Waals surface area (Å²) in [5.74, 6) is -2.49. The fraction of sp³-hybridized carbons (Fsp3) is 0.0667. The Hall–Kier alpha value is -2.40. The second-order valence-electron chi connectivity index (χ2n) is 4.25. The molecule has 6 heteroatoms. The Morgan fingerprint density at radius 3 is 2.38 bits per heavy atom. The number of benzene rings is 2. The van der Waals surface area contributed by atoms with E-state index in [0.717, 1.165) is 6.07 Å². The van der Waals surface area contributed by atoms with E-state index in [1.165, 1.54) is 37.3 Å². The fourth-order valence-electron chi connectivity index (χ4n) is 1.68. The number of rotatable bonds is 4. The molecule has 21 heavy (non-hydrogen) atoms. The fourth-order valence-corrected chi connectivity index (χ4v) is 1.85. The summed E-state index contributed by atoms with van der Waals surface area (Å²) in [5.41, 5.74) is 0.0203. The molecule has 0 atom stereocenters. The highest BCUT2D eigenvalue weighted by molar-refractivity contribution is 6.31. The van der Waals surface area contributed by atoms with Gasteiger partial charge in [0.1, 0.15) is 11.3 Å². The zero-order valence-electron chi connectivity index (χ0n) is 10.9. The molecule has 0 fully saturated rings. The first-order valence-electron chi connectivity index (χ1n) is 5.89. The molecule has 108 valence electrons. The van der Waals surface area contributed by atoms with Gasteiger partial charge in [-0.15, -0.1) is 0 Å². The number of hydrogen-bond donors (Lipinski definition) is 1. The Morgan fingerprint density at radius 1 is 1.14 bits per heavy atom. The number of halogens is 2. The molecule has 1 N–H and O–H groups in total. The van der Waals surface area contributed by atoms with Crippen LogP contribution in [0.2, 0.25) is 5.02 Å². The van der Waals surface area contributed by atoms with Gasteiger partial charge in [-0.05, 0) is 43.3 Å². The zero-order chi connectivity index (χ0) is 15.6. The van der Waals surface area contributed by atoms with E-state index in [4.69, 9.17) is 21.4 Å². The van der Waals surface area contributed by atoms with Crippen LogP contribution in [-0.2, 0) is 0 Å². The highest BCUT2D eigenvalue weighted by Gasteiger charge is 2.15. The molecule has 0 unspecified atom stereocenters. The number of carboxylic acids is 1. The SMILES string of the molecule is CC(=O)c1ccc(Oc2ccc(Cl)cc2C(=O)O)c(F)c1. The smallest absolute Gasteiger partial charge is 0.339 e. The average molecular weight is 309 g/mol. The lowest BCUT2D eigenvalue weighted by Crippen LogP contribution is -2.01. The third-order valence-corrected chi connectivity index (χ3v) is 2.97. The summed E-state index contributed by atoms with van der Waals surface area (Å²) in [7, 11) is 0. The van der Waals surface area contributed by atoms with Crippen molar-refractivity contribution in [3.63, 3.8) is 0 Å². The molecule has 0 aromatic heterocycles. The van der Waals surface area contributed by atoms with Gasteiger partial charge in [0.25, 0.3) is 0 Å². The van der Waals surface area contributed by atoms with Crippen LogP contribution < -0.4 is 4.74 Å². The van der Waals surface area contributed by atoms with Crippen LogP contribution >= 0.6 is 11.6 Å². The Balaban J connectivity index is 2.39. The van der Waals surface area contributed by atoms with Gasteiger partial charge in [-0.1, -0.05) is 11.6 Å². The topological polar surface area (TPSA) is 63.6 Å². The van der Waals surface area contributed by atoms with Gasteiger partial charge in [-0.25, -0.2) is 9.18 Å². The second-order valence-corrected chi connectivity index (χ2v) is 4.69. The molecule has 0 heterocycles. The van der Waals surface area contributed by atoms with Crippen molar-refractivity contribution in [2.45, 2.75) is 6.92 Å². The minimum atomic E-state index is -1.24. The van der Waals surface area contributed by atoms with Crippen LogP contribution in [0.3, 0.4) is 0 Å². The molecule has 0 spiro atoms. The maximum atomic E-state index is 13.9. The van der Waals surface area contributed by atoms with E-state index >= 15 is 0 Å². The van der Waals surface area contributed by atoms with Gasteiger partial charge in [0.15, 0.2) is 17.3 Å². The first-order valence-corrected chi connectivity index (χ1v) is 6.27. The lowest BCUT2D eigenvalue weighted by Gasteiger charge is -2.10. The number of carbonyl (C=O) groups is 2. The summed E-state index contributed by atoms with van der Waals surface area (Å²) >= 11 is 5.72. The van der Waals surface area contributed by atoms with Gasteiger partial charge in [0.2, 0.25) is 0 Å². The number of aromatic carboxylic acids is 1. The van der Waals surface area contributed by atoms with Crippen molar-refractivity contribution < 1.29 is 23.8 Å². The first kappa shape index (κ1) is 15.0. The van der Waals surface area contributed by atoms with Gasteiger partial charge in [-0.3, -0.25) is 4.79 Å². The third kappa shape index (κ3) is 3.38. The number of carboxylic acid groups (broad SMARTS) is 1. The molecule has 0 aliphatic heterocycles. The normalized spacial score (nSPS) is 10.2. The molecule has 0 bridgehead atoms. The average Bonchev–Trinajstić information content (AvgIpc) is 2.42. The molecule has 0 aliphatic carbocycles. The van der Waals surface area contributed by atoms with Crippen LogP contribution in [0.15, 0.2) is 36.4 Å².